The van der Waals surface area contributed by atoms with Gasteiger partial charge in [-0.1, -0.05) is 30.3 Å². The Kier molecular flexibility index (Phi) is 7.01. The van der Waals surface area contributed by atoms with Gasteiger partial charge in [0.15, 0.2) is 0 Å². The average Bonchev–Trinajstić information content (AvgIpc) is 2.60. The number of nitro benzene ring substituents is 1. The molecule has 2 aromatic carbocycles. The number of hydrogen-bond donors (Lipinski definition) is 2. The Morgan fingerprint density at radius 2 is 1.81 bits per heavy atom. The lowest BCUT2D eigenvalue weighted by Crippen LogP contribution is -2.27. The fraction of sp³-hybridized carbons (Fsp3) is 0.263. The van der Waals surface area contributed by atoms with Gasteiger partial charge in [-0.2, -0.15) is 0 Å². The molecule has 0 radical (unpaired) electrons. The Hall–Kier alpha value is -3.26. The van der Waals surface area contributed by atoms with E-state index in [4.69, 9.17) is 0 Å². The summed E-state index contributed by atoms with van der Waals surface area (Å²) in [7, 11) is 3.62. The topological polar surface area (TPSA) is 105 Å². The Morgan fingerprint density at radius 1 is 1.07 bits per heavy atom. The molecule has 142 valence electrons. The van der Waals surface area contributed by atoms with Crippen LogP contribution in [0.1, 0.15) is 11.1 Å². The van der Waals surface area contributed by atoms with Gasteiger partial charge in [-0.3, -0.25) is 19.7 Å². The van der Waals surface area contributed by atoms with Gasteiger partial charge >= 0.3 is 0 Å². The van der Waals surface area contributed by atoms with Crippen LogP contribution in [0.25, 0.3) is 0 Å². The zero-order chi connectivity index (χ0) is 19.8. The Labute approximate surface area is 157 Å². The number of hydrogen-bond acceptors (Lipinski definition) is 5. The highest BCUT2D eigenvalue weighted by molar-refractivity contribution is 5.92. The Bertz CT molecular complexity index is 836. The molecule has 0 aliphatic carbocycles. The van der Waals surface area contributed by atoms with E-state index in [-0.39, 0.29) is 37.0 Å². The molecule has 2 aromatic rings. The normalized spacial score (nSPS) is 10.5. The molecule has 27 heavy (non-hydrogen) atoms. The van der Waals surface area contributed by atoms with Crippen LogP contribution in [0.15, 0.2) is 48.5 Å². The van der Waals surface area contributed by atoms with Crippen molar-refractivity contribution in [3.8, 4) is 0 Å². The van der Waals surface area contributed by atoms with E-state index < -0.39 is 4.92 Å². The van der Waals surface area contributed by atoms with Gasteiger partial charge in [-0.15, -0.1) is 0 Å². The molecule has 2 rings (SSSR count). The predicted molar refractivity (Wildman–Crippen MR) is 102 cm³/mol. The van der Waals surface area contributed by atoms with Gasteiger partial charge in [-0.25, -0.2) is 0 Å². The molecule has 0 unspecified atom stereocenters. The maximum atomic E-state index is 12.1. The summed E-state index contributed by atoms with van der Waals surface area (Å²) in [5.74, 6) is -0.441. The molecule has 8 heteroatoms. The first-order chi connectivity index (χ1) is 12.8. The minimum Gasteiger partial charge on any atom is -0.352 e. The first-order valence-corrected chi connectivity index (χ1v) is 8.37. The van der Waals surface area contributed by atoms with E-state index in [0.29, 0.717) is 11.3 Å². The van der Waals surface area contributed by atoms with Gasteiger partial charge in [-0.05, 0) is 31.8 Å². The number of likely N-dealkylation sites (N-methyl/N-ethyl adjacent to an activating group) is 1. The quantitative estimate of drug-likeness (QED) is 0.546. The fourth-order valence-corrected chi connectivity index (χ4v) is 2.52. The van der Waals surface area contributed by atoms with Gasteiger partial charge in [0.25, 0.3) is 5.69 Å². The average molecular weight is 370 g/mol. The van der Waals surface area contributed by atoms with Gasteiger partial charge in [0.2, 0.25) is 11.8 Å². The number of anilines is 1. The Morgan fingerprint density at radius 3 is 2.52 bits per heavy atom. The van der Waals surface area contributed by atoms with Crippen molar-refractivity contribution < 1.29 is 14.5 Å². The summed E-state index contributed by atoms with van der Waals surface area (Å²) >= 11 is 0. The summed E-state index contributed by atoms with van der Waals surface area (Å²) in [5, 5.41) is 16.5. The molecule has 0 saturated carbocycles. The van der Waals surface area contributed by atoms with Crippen molar-refractivity contribution in [2.24, 2.45) is 0 Å². The molecule has 0 saturated heterocycles. The SMILES string of the molecule is CN(C)CC(=O)Nc1cccc(CNC(=O)Cc2ccccc2[N+](=O)[O-])c1. The first kappa shape index (κ1) is 20.1. The lowest BCUT2D eigenvalue weighted by atomic mass is 10.1. The lowest BCUT2D eigenvalue weighted by molar-refractivity contribution is -0.385. The maximum absolute atomic E-state index is 12.1. The molecule has 8 nitrogen and oxygen atoms in total. The summed E-state index contributed by atoms with van der Waals surface area (Å²) in [5.41, 5.74) is 1.75. The van der Waals surface area contributed by atoms with Crippen LogP contribution in [0.4, 0.5) is 11.4 Å². The molecule has 0 aromatic heterocycles. The van der Waals surface area contributed by atoms with Crippen LogP contribution in [0.5, 0.6) is 0 Å². The van der Waals surface area contributed by atoms with Crippen LogP contribution in [0.3, 0.4) is 0 Å². The predicted octanol–water partition coefficient (Wildman–Crippen LogP) is 1.95. The van der Waals surface area contributed by atoms with E-state index >= 15 is 0 Å². The first-order valence-electron chi connectivity index (χ1n) is 8.37. The highest BCUT2D eigenvalue weighted by Crippen LogP contribution is 2.18. The molecule has 0 aliphatic rings. The van der Waals surface area contributed by atoms with Crippen LogP contribution < -0.4 is 10.6 Å². The molecule has 2 amide bonds. The standard InChI is InChI=1S/C19H22N4O4/c1-22(2)13-19(25)21-16-8-5-6-14(10-16)12-20-18(24)11-15-7-3-4-9-17(15)23(26)27/h3-10H,11-13H2,1-2H3,(H,20,24)(H,21,25). The monoisotopic (exact) mass is 370 g/mol. The second kappa shape index (κ2) is 9.44. The van der Waals surface area contributed by atoms with Gasteiger partial charge < -0.3 is 15.5 Å². The minimum absolute atomic E-state index is 0.0711. The van der Waals surface area contributed by atoms with Crippen LogP contribution >= 0.6 is 0 Å². The van der Waals surface area contributed by atoms with E-state index in [9.17, 15) is 19.7 Å². The number of rotatable bonds is 8. The second-order valence-corrected chi connectivity index (χ2v) is 6.33. The smallest absolute Gasteiger partial charge is 0.273 e. The van der Waals surface area contributed by atoms with Crippen molar-refractivity contribution in [2.75, 3.05) is 26.0 Å². The highest BCUT2D eigenvalue weighted by atomic mass is 16.6. The number of carbonyl (C=O) groups is 2. The number of amides is 2. The number of carbonyl (C=O) groups excluding carboxylic acids is 2. The number of nitrogens with one attached hydrogen (secondary N) is 2. The zero-order valence-corrected chi connectivity index (χ0v) is 15.3. The molecular formula is C19H22N4O4. The summed E-state index contributed by atoms with van der Waals surface area (Å²) in [6.07, 6.45) is -0.0730. The molecule has 0 atom stereocenters. The molecule has 0 fully saturated rings. The number of nitro groups is 1. The third-order valence-corrected chi connectivity index (χ3v) is 3.70. The van der Waals surface area contributed by atoms with Crippen molar-refractivity contribution in [3.63, 3.8) is 0 Å². The fourth-order valence-electron chi connectivity index (χ4n) is 2.52. The minimum atomic E-state index is -0.498. The van der Waals surface area contributed by atoms with Crippen molar-refractivity contribution in [3.05, 3.63) is 69.8 Å². The van der Waals surface area contributed by atoms with Crippen molar-refractivity contribution >= 4 is 23.2 Å². The van der Waals surface area contributed by atoms with Crippen LogP contribution in [0.2, 0.25) is 0 Å². The number of benzene rings is 2. The van der Waals surface area contributed by atoms with Crippen molar-refractivity contribution in [1.29, 1.82) is 0 Å². The lowest BCUT2D eigenvalue weighted by Gasteiger charge is -2.11. The van der Waals surface area contributed by atoms with Gasteiger partial charge in [0, 0.05) is 23.9 Å². The summed E-state index contributed by atoms with van der Waals surface area (Å²) in [6, 6.07) is 13.3. The van der Waals surface area contributed by atoms with Crippen LogP contribution in [-0.4, -0.2) is 42.3 Å². The highest BCUT2D eigenvalue weighted by Gasteiger charge is 2.15. The van der Waals surface area contributed by atoms with Crippen molar-refractivity contribution in [2.45, 2.75) is 13.0 Å². The third-order valence-electron chi connectivity index (χ3n) is 3.70. The number of para-hydroxylation sites is 1. The van der Waals surface area contributed by atoms with Crippen molar-refractivity contribution in [1.82, 2.24) is 10.2 Å². The Balaban J connectivity index is 1.93. The second-order valence-electron chi connectivity index (χ2n) is 6.33. The molecular weight excluding hydrogens is 348 g/mol. The summed E-state index contributed by atoms with van der Waals surface area (Å²) in [6.45, 7) is 0.535. The molecule has 0 aliphatic heterocycles. The number of nitrogens with zero attached hydrogens (tertiary/aromatic N) is 2. The van der Waals surface area contributed by atoms with Gasteiger partial charge in [0.05, 0.1) is 17.9 Å². The molecule has 0 bridgehead atoms. The largest absolute Gasteiger partial charge is 0.352 e. The van der Waals surface area contributed by atoms with E-state index in [1.807, 2.05) is 20.2 Å². The van der Waals surface area contributed by atoms with Crippen LogP contribution in [-0.2, 0) is 22.6 Å². The molecule has 0 spiro atoms. The van der Waals surface area contributed by atoms with Crippen LogP contribution in [0, 0.1) is 10.1 Å². The van der Waals surface area contributed by atoms with E-state index in [1.54, 1.807) is 41.3 Å². The van der Waals surface area contributed by atoms with E-state index in [2.05, 4.69) is 10.6 Å². The zero-order valence-electron chi connectivity index (χ0n) is 15.3. The van der Waals surface area contributed by atoms with E-state index in [1.165, 1.54) is 6.07 Å². The summed E-state index contributed by atoms with van der Waals surface area (Å²) in [4.78, 5) is 36.2. The van der Waals surface area contributed by atoms with Gasteiger partial charge in [0.1, 0.15) is 0 Å². The molecule has 0 heterocycles. The van der Waals surface area contributed by atoms with E-state index in [0.717, 1.165) is 5.56 Å². The summed E-state index contributed by atoms with van der Waals surface area (Å²) < 4.78 is 0. The maximum Gasteiger partial charge on any atom is 0.273 e. The molecule has 2 N–H and O–H groups in total. The third kappa shape index (κ3) is 6.52.